The number of amidine groups is 1. The minimum Gasteiger partial charge on any atom is -0.326 e. The summed E-state index contributed by atoms with van der Waals surface area (Å²) in [6.07, 6.45) is -4.75. The number of carbonyl (C=O) groups is 2. The number of anilines is 1. The van der Waals surface area contributed by atoms with E-state index in [9.17, 15) is 22.8 Å². The van der Waals surface area contributed by atoms with Gasteiger partial charge in [-0.1, -0.05) is 35.0 Å². The molecule has 2 amide bonds. The summed E-state index contributed by atoms with van der Waals surface area (Å²) in [5.74, 6) is -0.751. The van der Waals surface area contributed by atoms with Crippen LogP contribution in [0.5, 0.6) is 0 Å². The molecule has 1 heterocycles. The molecule has 0 spiro atoms. The normalized spacial score (nSPS) is 18.2. The van der Waals surface area contributed by atoms with Crippen molar-refractivity contribution in [2.24, 2.45) is 4.99 Å². The van der Waals surface area contributed by atoms with Crippen LogP contribution >= 0.6 is 35.0 Å². The quantitative estimate of drug-likeness (QED) is 0.625. The molecule has 1 aliphatic heterocycles. The summed E-state index contributed by atoms with van der Waals surface area (Å²) in [7, 11) is 1.45. The largest absolute Gasteiger partial charge is 0.417 e. The number of halogens is 5. The molecule has 1 unspecified atom stereocenters. The van der Waals surface area contributed by atoms with Crippen LogP contribution in [0.2, 0.25) is 10.0 Å². The third-order valence-electron chi connectivity index (χ3n) is 4.12. The number of benzene rings is 2. The van der Waals surface area contributed by atoms with Crippen LogP contribution in [0.1, 0.15) is 12.0 Å². The van der Waals surface area contributed by atoms with Crippen molar-refractivity contribution in [3.63, 3.8) is 0 Å². The van der Waals surface area contributed by atoms with Crippen LogP contribution in [0.15, 0.2) is 47.5 Å². The van der Waals surface area contributed by atoms with Gasteiger partial charge in [0, 0.05) is 24.2 Å². The lowest BCUT2D eigenvalue weighted by molar-refractivity contribution is -0.137. The Morgan fingerprint density at radius 1 is 1.20 bits per heavy atom. The Balaban J connectivity index is 1.72. The second-order valence-electron chi connectivity index (χ2n) is 6.32. The molecule has 1 N–H and O–H groups in total. The van der Waals surface area contributed by atoms with Crippen LogP contribution in [-0.2, 0) is 15.8 Å². The van der Waals surface area contributed by atoms with E-state index in [2.05, 4.69) is 10.3 Å². The summed E-state index contributed by atoms with van der Waals surface area (Å²) >= 11 is 12.4. The zero-order chi connectivity index (χ0) is 22.1. The molecule has 0 saturated carbocycles. The van der Waals surface area contributed by atoms with Gasteiger partial charge in [0.2, 0.25) is 11.8 Å². The first-order chi connectivity index (χ1) is 14.0. The van der Waals surface area contributed by atoms with Gasteiger partial charge in [0.05, 0.1) is 16.3 Å². The first-order valence-corrected chi connectivity index (χ1v) is 10.1. The van der Waals surface area contributed by atoms with E-state index in [1.807, 2.05) is 0 Å². The summed E-state index contributed by atoms with van der Waals surface area (Å²) in [6.45, 7) is 0. The van der Waals surface area contributed by atoms with Gasteiger partial charge in [0.15, 0.2) is 5.17 Å². The van der Waals surface area contributed by atoms with Gasteiger partial charge in [0.1, 0.15) is 5.25 Å². The van der Waals surface area contributed by atoms with E-state index in [0.29, 0.717) is 10.7 Å². The Kier molecular flexibility index (Phi) is 6.64. The van der Waals surface area contributed by atoms with Gasteiger partial charge in [0.25, 0.3) is 0 Å². The minimum atomic E-state index is -4.62. The fourth-order valence-electron chi connectivity index (χ4n) is 2.62. The summed E-state index contributed by atoms with van der Waals surface area (Å²) in [5.41, 5.74) is -0.482. The molecule has 2 aromatic rings. The van der Waals surface area contributed by atoms with E-state index in [1.165, 1.54) is 18.0 Å². The minimum absolute atomic E-state index is 0.000130. The molecule has 0 radical (unpaired) electrons. The third-order valence-corrected chi connectivity index (χ3v) is 5.93. The highest BCUT2D eigenvalue weighted by molar-refractivity contribution is 8.15. The molecule has 158 valence electrons. The van der Waals surface area contributed by atoms with Gasteiger partial charge in [-0.25, -0.2) is 4.99 Å². The number of rotatable bonds is 4. The number of hydrogen-bond acceptors (Lipinski definition) is 4. The number of amides is 2. The van der Waals surface area contributed by atoms with E-state index >= 15 is 0 Å². The summed E-state index contributed by atoms with van der Waals surface area (Å²) in [4.78, 5) is 30.1. The van der Waals surface area contributed by atoms with Gasteiger partial charge >= 0.3 is 6.18 Å². The topological polar surface area (TPSA) is 61.8 Å². The van der Waals surface area contributed by atoms with Crippen molar-refractivity contribution in [1.82, 2.24) is 4.90 Å². The van der Waals surface area contributed by atoms with Crippen molar-refractivity contribution < 1.29 is 22.8 Å². The first kappa shape index (κ1) is 22.5. The molecule has 1 aliphatic rings. The molecule has 1 fully saturated rings. The van der Waals surface area contributed by atoms with E-state index in [0.717, 1.165) is 23.9 Å². The van der Waals surface area contributed by atoms with Crippen molar-refractivity contribution in [3.8, 4) is 0 Å². The van der Waals surface area contributed by atoms with Gasteiger partial charge < -0.3 is 5.32 Å². The Labute approximate surface area is 184 Å². The lowest BCUT2D eigenvalue weighted by Gasteiger charge is -2.11. The molecule has 0 aliphatic carbocycles. The fourth-order valence-corrected chi connectivity index (χ4v) is 4.13. The van der Waals surface area contributed by atoms with Crippen molar-refractivity contribution in [2.75, 3.05) is 12.4 Å². The molecule has 1 atom stereocenters. The predicted octanol–water partition coefficient (Wildman–Crippen LogP) is 5.60. The van der Waals surface area contributed by atoms with Gasteiger partial charge in [-0.05, 0) is 42.5 Å². The Hall–Kier alpha value is -2.23. The maximum Gasteiger partial charge on any atom is 0.417 e. The maximum atomic E-state index is 13.0. The molecule has 11 heteroatoms. The zero-order valence-electron chi connectivity index (χ0n) is 15.3. The van der Waals surface area contributed by atoms with E-state index < -0.39 is 22.0 Å². The zero-order valence-corrected chi connectivity index (χ0v) is 17.7. The lowest BCUT2D eigenvalue weighted by atomic mass is 10.2. The van der Waals surface area contributed by atoms with E-state index in [-0.39, 0.29) is 29.1 Å². The second kappa shape index (κ2) is 8.87. The van der Waals surface area contributed by atoms with Crippen LogP contribution in [0, 0.1) is 0 Å². The molecular weight excluding hydrogens is 462 g/mol. The molecular formula is C19H14Cl2F3N3O2S. The number of nitrogens with one attached hydrogen (secondary N) is 1. The number of thioether (sulfide) groups is 1. The molecule has 3 rings (SSSR count). The molecule has 0 bridgehead atoms. The van der Waals surface area contributed by atoms with Crippen molar-refractivity contribution in [2.45, 2.75) is 17.8 Å². The highest BCUT2D eigenvalue weighted by Gasteiger charge is 2.37. The van der Waals surface area contributed by atoms with Crippen molar-refractivity contribution in [1.29, 1.82) is 0 Å². The molecule has 5 nitrogen and oxygen atoms in total. The average Bonchev–Trinajstić information content (AvgIpc) is 2.92. The first-order valence-electron chi connectivity index (χ1n) is 8.49. The lowest BCUT2D eigenvalue weighted by Crippen LogP contribution is -2.30. The van der Waals surface area contributed by atoms with Gasteiger partial charge in [-0.3, -0.25) is 14.5 Å². The van der Waals surface area contributed by atoms with Crippen molar-refractivity contribution in [3.05, 3.63) is 58.1 Å². The molecule has 1 saturated heterocycles. The van der Waals surface area contributed by atoms with Crippen molar-refractivity contribution >= 4 is 63.3 Å². The summed E-state index contributed by atoms with van der Waals surface area (Å²) < 4.78 is 39.1. The number of nitrogens with zero attached hydrogens (tertiary/aromatic N) is 2. The SMILES string of the molecule is CN1C(=O)C(CC(=O)Nc2ccc(Cl)cc2)SC1=Nc1ccc(Cl)c(C(F)(F)F)c1. The standard InChI is InChI=1S/C19H14Cl2F3N3O2S/c1-27-17(29)15(9-16(28)25-11-4-2-10(20)3-5-11)30-18(27)26-12-6-7-14(21)13(8-12)19(22,23)24/h2-8,15H,9H2,1H3,(H,25,28). The maximum absolute atomic E-state index is 13.0. The van der Waals surface area contributed by atoms with E-state index in [4.69, 9.17) is 23.2 Å². The van der Waals surface area contributed by atoms with Crippen LogP contribution < -0.4 is 5.32 Å². The molecule has 0 aromatic heterocycles. The summed E-state index contributed by atoms with van der Waals surface area (Å²) in [5, 5.41) is 2.20. The highest BCUT2D eigenvalue weighted by atomic mass is 35.5. The fraction of sp³-hybridized carbons (Fsp3) is 0.211. The number of carbonyl (C=O) groups excluding carboxylic acids is 2. The van der Waals surface area contributed by atoms with Crippen LogP contribution in [0.25, 0.3) is 0 Å². The Morgan fingerprint density at radius 3 is 2.50 bits per heavy atom. The van der Waals surface area contributed by atoms with Crippen LogP contribution in [0.4, 0.5) is 24.5 Å². The third kappa shape index (κ3) is 5.27. The molecule has 2 aromatic carbocycles. The number of hydrogen-bond donors (Lipinski definition) is 1. The monoisotopic (exact) mass is 475 g/mol. The number of aliphatic imine (C=N–C) groups is 1. The highest BCUT2D eigenvalue weighted by Crippen LogP contribution is 2.38. The second-order valence-corrected chi connectivity index (χ2v) is 8.33. The molecule has 30 heavy (non-hydrogen) atoms. The smallest absolute Gasteiger partial charge is 0.326 e. The Morgan fingerprint density at radius 2 is 1.87 bits per heavy atom. The predicted molar refractivity (Wildman–Crippen MR) is 112 cm³/mol. The number of alkyl halides is 3. The van der Waals surface area contributed by atoms with Crippen LogP contribution in [-0.4, -0.2) is 34.2 Å². The Bertz CT molecular complexity index is 1010. The van der Waals surface area contributed by atoms with E-state index in [1.54, 1.807) is 24.3 Å². The average molecular weight is 476 g/mol. The van der Waals surface area contributed by atoms with Gasteiger partial charge in [-0.2, -0.15) is 13.2 Å². The summed E-state index contributed by atoms with van der Waals surface area (Å²) in [6, 6.07) is 9.73. The van der Waals surface area contributed by atoms with Gasteiger partial charge in [-0.15, -0.1) is 0 Å². The van der Waals surface area contributed by atoms with Crippen LogP contribution in [0.3, 0.4) is 0 Å².